The van der Waals surface area contributed by atoms with E-state index < -0.39 is 0 Å². The summed E-state index contributed by atoms with van der Waals surface area (Å²) in [5.41, 5.74) is 3.45. The van der Waals surface area contributed by atoms with E-state index in [0.717, 1.165) is 28.5 Å². The minimum absolute atomic E-state index is 0.0332. The minimum atomic E-state index is -0.0332. The van der Waals surface area contributed by atoms with Crippen molar-refractivity contribution in [2.24, 2.45) is 0 Å². The minimum Gasteiger partial charge on any atom is -0.335 e. The van der Waals surface area contributed by atoms with Gasteiger partial charge in [-0.3, -0.25) is 9.78 Å². The van der Waals surface area contributed by atoms with Gasteiger partial charge in [0.15, 0.2) is 0 Å². The number of nitriles is 1. The number of aromatic nitrogens is 1. The van der Waals surface area contributed by atoms with Crippen molar-refractivity contribution in [3.8, 4) is 6.07 Å². The van der Waals surface area contributed by atoms with Crippen LogP contribution in [0.4, 0.5) is 0 Å². The Kier molecular flexibility index (Phi) is 5.96. The number of fused-ring (bicyclic) bond motifs is 1. The van der Waals surface area contributed by atoms with Crippen LogP contribution < -0.4 is 0 Å². The maximum absolute atomic E-state index is 12.7. The van der Waals surface area contributed by atoms with E-state index in [1.165, 1.54) is 0 Å². The molecule has 2 aromatic carbocycles. The highest BCUT2D eigenvalue weighted by molar-refractivity contribution is 5.95. The number of benzene rings is 2. The van der Waals surface area contributed by atoms with Gasteiger partial charge in [0.1, 0.15) is 0 Å². The second kappa shape index (κ2) is 8.77. The van der Waals surface area contributed by atoms with Crippen LogP contribution in [0.15, 0.2) is 66.9 Å². The fourth-order valence-electron chi connectivity index (χ4n) is 2.97. The zero-order chi connectivity index (χ0) is 19.1. The fourth-order valence-corrected chi connectivity index (χ4v) is 2.97. The number of amides is 1. The SMILES string of the molecule is CCCN(Cc1ccc(C#N)cc1)C(=O)/C=C/c1cccc2cccnc12. The van der Waals surface area contributed by atoms with Crippen LogP contribution in [0.2, 0.25) is 0 Å². The molecule has 0 bridgehead atoms. The Hall–Kier alpha value is -3.45. The molecule has 0 spiro atoms. The molecule has 4 nitrogen and oxygen atoms in total. The summed E-state index contributed by atoms with van der Waals surface area (Å²) in [5, 5.41) is 9.96. The van der Waals surface area contributed by atoms with Crippen LogP contribution in [0.25, 0.3) is 17.0 Å². The number of carbonyl (C=O) groups excluding carboxylic acids is 1. The highest BCUT2D eigenvalue weighted by Crippen LogP contribution is 2.17. The van der Waals surface area contributed by atoms with Crippen molar-refractivity contribution in [2.45, 2.75) is 19.9 Å². The molecule has 0 fully saturated rings. The van der Waals surface area contributed by atoms with Gasteiger partial charge in [0.05, 0.1) is 17.1 Å². The first-order valence-corrected chi connectivity index (χ1v) is 9.01. The maximum atomic E-state index is 12.7. The lowest BCUT2D eigenvalue weighted by molar-refractivity contribution is -0.126. The van der Waals surface area contributed by atoms with Gasteiger partial charge >= 0.3 is 0 Å². The Bertz CT molecular complexity index is 995. The number of nitrogens with zero attached hydrogens (tertiary/aromatic N) is 3. The number of pyridine rings is 1. The first-order chi connectivity index (χ1) is 13.2. The highest BCUT2D eigenvalue weighted by atomic mass is 16.2. The molecule has 0 atom stereocenters. The zero-order valence-corrected chi connectivity index (χ0v) is 15.3. The van der Waals surface area contributed by atoms with Crippen molar-refractivity contribution < 1.29 is 4.79 Å². The monoisotopic (exact) mass is 355 g/mol. The molecule has 0 N–H and O–H groups in total. The largest absolute Gasteiger partial charge is 0.335 e. The first kappa shape index (κ1) is 18.3. The summed E-state index contributed by atoms with van der Waals surface area (Å²) in [7, 11) is 0. The van der Waals surface area contributed by atoms with Gasteiger partial charge in [-0.05, 0) is 36.3 Å². The van der Waals surface area contributed by atoms with Crippen LogP contribution in [0, 0.1) is 11.3 Å². The number of carbonyl (C=O) groups is 1. The summed E-state index contributed by atoms with van der Waals surface area (Å²) in [6.07, 6.45) is 6.09. The Labute approximate surface area is 159 Å². The average molecular weight is 355 g/mol. The van der Waals surface area contributed by atoms with Crippen LogP contribution in [-0.4, -0.2) is 22.3 Å². The van der Waals surface area contributed by atoms with Crippen LogP contribution in [0.5, 0.6) is 0 Å². The normalized spacial score (nSPS) is 10.8. The third-order valence-corrected chi connectivity index (χ3v) is 4.33. The Morgan fingerprint density at radius 2 is 1.93 bits per heavy atom. The Balaban J connectivity index is 1.78. The van der Waals surface area contributed by atoms with Gasteiger partial charge < -0.3 is 4.90 Å². The zero-order valence-electron chi connectivity index (χ0n) is 15.3. The molecule has 0 aliphatic heterocycles. The smallest absolute Gasteiger partial charge is 0.246 e. The predicted molar refractivity (Wildman–Crippen MR) is 108 cm³/mol. The molecular formula is C23H21N3O. The van der Waals surface area contributed by atoms with Crippen LogP contribution in [-0.2, 0) is 11.3 Å². The van der Waals surface area contributed by atoms with E-state index in [1.54, 1.807) is 24.4 Å². The average Bonchev–Trinajstić information content (AvgIpc) is 2.72. The van der Waals surface area contributed by atoms with Crippen molar-refractivity contribution in [1.29, 1.82) is 5.26 Å². The molecule has 1 heterocycles. The fraction of sp³-hybridized carbons (Fsp3) is 0.174. The lowest BCUT2D eigenvalue weighted by atomic mass is 10.1. The van der Waals surface area contributed by atoms with Crippen molar-refractivity contribution in [3.63, 3.8) is 0 Å². The van der Waals surface area contributed by atoms with Crippen LogP contribution >= 0.6 is 0 Å². The molecule has 3 aromatic rings. The molecule has 1 amide bonds. The van der Waals surface area contributed by atoms with Gasteiger partial charge in [-0.15, -0.1) is 0 Å². The molecule has 4 heteroatoms. The van der Waals surface area contributed by atoms with Crippen molar-refractivity contribution >= 4 is 22.9 Å². The van der Waals surface area contributed by atoms with Gasteiger partial charge in [-0.2, -0.15) is 5.26 Å². The van der Waals surface area contributed by atoms with Crippen molar-refractivity contribution in [3.05, 3.63) is 83.6 Å². The number of rotatable bonds is 6. The van der Waals surface area contributed by atoms with Gasteiger partial charge in [-0.25, -0.2) is 0 Å². The molecular weight excluding hydrogens is 334 g/mol. The summed E-state index contributed by atoms with van der Waals surface area (Å²) in [6.45, 7) is 3.25. The molecule has 0 unspecified atom stereocenters. The summed E-state index contributed by atoms with van der Waals surface area (Å²) in [5.74, 6) is -0.0332. The highest BCUT2D eigenvalue weighted by Gasteiger charge is 2.11. The number of hydrogen-bond acceptors (Lipinski definition) is 3. The lowest BCUT2D eigenvalue weighted by Gasteiger charge is -2.20. The standard InChI is InChI=1S/C23H21N3O/c1-2-15-26(17-19-10-8-18(16-24)9-11-19)22(27)13-12-21-6-3-5-20-7-4-14-25-23(20)21/h3-14H,2,15,17H2,1H3/b13-12+. The van der Waals surface area contributed by atoms with E-state index in [2.05, 4.69) is 18.0 Å². The van der Waals surface area contributed by atoms with Crippen LogP contribution in [0.3, 0.4) is 0 Å². The lowest BCUT2D eigenvalue weighted by Crippen LogP contribution is -2.29. The first-order valence-electron chi connectivity index (χ1n) is 9.01. The molecule has 0 saturated carbocycles. The van der Waals surface area contributed by atoms with Crippen LogP contribution in [0.1, 0.15) is 30.0 Å². The molecule has 134 valence electrons. The summed E-state index contributed by atoms with van der Waals surface area (Å²) in [4.78, 5) is 19.0. The molecule has 27 heavy (non-hydrogen) atoms. The van der Waals surface area contributed by atoms with Gasteiger partial charge in [-0.1, -0.05) is 43.3 Å². The number of hydrogen-bond donors (Lipinski definition) is 0. The quantitative estimate of drug-likeness (QED) is 0.609. The van der Waals surface area contributed by atoms with E-state index in [9.17, 15) is 4.79 Å². The van der Waals surface area contributed by atoms with Gasteiger partial charge in [0.2, 0.25) is 5.91 Å². The van der Waals surface area contributed by atoms with E-state index >= 15 is 0 Å². The van der Waals surface area contributed by atoms with E-state index in [1.807, 2.05) is 53.4 Å². The van der Waals surface area contributed by atoms with Crippen molar-refractivity contribution in [2.75, 3.05) is 6.54 Å². The second-order valence-corrected chi connectivity index (χ2v) is 6.32. The molecule has 0 aliphatic carbocycles. The van der Waals surface area contributed by atoms with E-state index in [0.29, 0.717) is 18.7 Å². The summed E-state index contributed by atoms with van der Waals surface area (Å²) >= 11 is 0. The third kappa shape index (κ3) is 4.59. The molecule has 3 rings (SSSR count). The van der Waals surface area contributed by atoms with E-state index in [4.69, 9.17) is 5.26 Å². The Morgan fingerprint density at radius 3 is 2.67 bits per heavy atom. The second-order valence-electron chi connectivity index (χ2n) is 6.32. The van der Waals surface area contributed by atoms with Gasteiger partial charge in [0, 0.05) is 36.3 Å². The molecule has 1 aromatic heterocycles. The summed E-state index contributed by atoms with van der Waals surface area (Å²) < 4.78 is 0. The number of para-hydroxylation sites is 1. The van der Waals surface area contributed by atoms with Gasteiger partial charge in [0.25, 0.3) is 0 Å². The third-order valence-electron chi connectivity index (χ3n) is 4.33. The summed E-state index contributed by atoms with van der Waals surface area (Å²) in [6, 6.07) is 19.3. The Morgan fingerprint density at radius 1 is 1.15 bits per heavy atom. The van der Waals surface area contributed by atoms with Crippen molar-refractivity contribution in [1.82, 2.24) is 9.88 Å². The molecule has 0 saturated heterocycles. The topological polar surface area (TPSA) is 57.0 Å². The molecule has 0 aliphatic rings. The predicted octanol–water partition coefficient (Wildman–Crippen LogP) is 4.56. The maximum Gasteiger partial charge on any atom is 0.246 e. The van der Waals surface area contributed by atoms with E-state index in [-0.39, 0.29) is 5.91 Å². The molecule has 0 radical (unpaired) electrons.